The van der Waals surface area contributed by atoms with Crippen LogP contribution in [-0.2, 0) is 17.5 Å². The molecule has 1 aliphatic rings. The maximum Gasteiger partial charge on any atom is 0.416 e. The fourth-order valence-electron chi connectivity index (χ4n) is 2.94. The van der Waals surface area contributed by atoms with E-state index in [1.54, 1.807) is 26.2 Å². The molecule has 0 aliphatic carbocycles. The number of rotatable bonds is 6. The van der Waals surface area contributed by atoms with Gasteiger partial charge >= 0.3 is 6.18 Å². The predicted octanol–water partition coefficient (Wildman–Crippen LogP) is 2.04. The second-order valence-electron chi connectivity index (χ2n) is 7.06. The van der Waals surface area contributed by atoms with Gasteiger partial charge in [-0.05, 0) is 11.6 Å². The lowest BCUT2D eigenvalue weighted by Crippen LogP contribution is -2.52. The minimum Gasteiger partial charge on any atom is -0.353 e. The molecule has 0 unspecified atom stereocenters. The molecule has 0 saturated carbocycles. The van der Waals surface area contributed by atoms with Crippen molar-refractivity contribution in [3.05, 3.63) is 48.0 Å². The normalized spacial score (nSPS) is 15.9. The van der Waals surface area contributed by atoms with Crippen molar-refractivity contribution in [3.8, 4) is 0 Å². The SMILES string of the molecule is C=CCNC(=NCC(=O)N(C)C)N1CCN(Cc2cccc(C(F)(F)F)c2)CC1. The zero-order valence-corrected chi connectivity index (χ0v) is 16.9. The molecule has 9 heteroatoms. The van der Waals surface area contributed by atoms with E-state index in [1.165, 1.54) is 17.0 Å². The first kappa shape index (κ1) is 22.7. The summed E-state index contributed by atoms with van der Waals surface area (Å²) < 4.78 is 38.7. The molecular formula is C20H28F3N5O. The van der Waals surface area contributed by atoms with Crippen LogP contribution in [0.4, 0.5) is 13.2 Å². The van der Waals surface area contributed by atoms with Crippen molar-refractivity contribution in [2.75, 3.05) is 53.4 Å². The Balaban J connectivity index is 1.96. The summed E-state index contributed by atoms with van der Waals surface area (Å²) in [5.41, 5.74) is 0.0192. The third-order valence-corrected chi connectivity index (χ3v) is 4.60. The molecule has 2 rings (SSSR count). The number of likely N-dealkylation sites (N-methyl/N-ethyl adjacent to an activating group) is 1. The number of halogens is 3. The number of alkyl halides is 3. The Morgan fingerprint density at radius 1 is 1.28 bits per heavy atom. The van der Waals surface area contributed by atoms with Crippen LogP contribution in [0.3, 0.4) is 0 Å². The van der Waals surface area contributed by atoms with E-state index in [9.17, 15) is 18.0 Å². The van der Waals surface area contributed by atoms with Crippen molar-refractivity contribution in [2.24, 2.45) is 4.99 Å². The molecular weight excluding hydrogens is 383 g/mol. The number of carbonyl (C=O) groups is 1. The topological polar surface area (TPSA) is 51.2 Å². The Bertz CT molecular complexity index is 725. The first-order chi connectivity index (χ1) is 13.7. The van der Waals surface area contributed by atoms with Gasteiger partial charge in [0.1, 0.15) is 6.54 Å². The highest BCUT2D eigenvalue weighted by molar-refractivity contribution is 5.85. The molecule has 1 aromatic rings. The van der Waals surface area contributed by atoms with Gasteiger partial charge in [0.2, 0.25) is 5.91 Å². The second-order valence-corrected chi connectivity index (χ2v) is 7.06. The van der Waals surface area contributed by atoms with Crippen molar-refractivity contribution in [1.82, 2.24) is 20.0 Å². The minimum absolute atomic E-state index is 0.0525. The third kappa shape index (κ3) is 7.08. The van der Waals surface area contributed by atoms with E-state index in [2.05, 4.69) is 26.7 Å². The number of guanidine groups is 1. The largest absolute Gasteiger partial charge is 0.416 e. The third-order valence-electron chi connectivity index (χ3n) is 4.60. The molecule has 29 heavy (non-hydrogen) atoms. The van der Waals surface area contributed by atoms with E-state index in [0.717, 1.165) is 6.07 Å². The van der Waals surface area contributed by atoms with Crippen molar-refractivity contribution in [1.29, 1.82) is 0 Å². The quantitative estimate of drug-likeness (QED) is 0.442. The first-order valence-electron chi connectivity index (χ1n) is 9.43. The molecule has 1 heterocycles. The number of nitrogens with one attached hydrogen (secondary N) is 1. The average molecular weight is 411 g/mol. The number of amides is 1. The molecule has 6 nitrogen and oxygen atoms in total. The van der Waals surface area contributed by atoms with Crippen molar-refractivity contribution in [2.45, 2.75) is 12.7 Å². The maximum atomic E-state index is 12.9. The zero-order valence-electron chi connectivity index (χ0n) is 16.9. The van der Waals surface area contributed by atoms with E-state index in [1.807, 2.05) is 0 Å². The summed E-state index contributed by atoms with van der Waals surface area (Å²) in [6.07, 6.45) is -2.62. The smallest absolute Gasteiger partial charge is 0.353 e. The average Bonchev–Trinajstić information content (AvgIpc) is 2.68. The summed E-state index contributed by atoms with van der Waals surface area (Å²) >= 11 is 0. The van der Waals surface area contributed by atoms with Crippen molar-refractivity contribution in [3.63, 3.8) is 0 Å². The predicted molar refractivity (Wildman–Crippen MR) is 107 cm³/mol. The van der Waals surface area contributed by atoms with Gasteiger partial charge < -0.3 is 15.1 Å². The number of aliphatic imine (C=N–C) groups is 1. The molecule has 1 N–H and O–H groups in total. The molecule has 1 saturated heterocycles. The highest BCUT2D eigenvalue weighted by Gasteiger charge is 2.30. The van der Waals surface area contributed by atoms with E-state index >= 15 is 0 Å². The minimum atomic E-state index is -4.33. The molecule has 0 spiro atoms. The number of hydrogen-bond donors (Lipinski definition) is 1. The fourth-order valence-corrected chi connectivity index (χ4v) is 2.94. The van der Waals surface area contributed by atoms with Gasteiger partial charge in [0.05, 0.1) is 5.56 Å². The molecule has 160 valence electrons. The highest BCUT2D eigenvalue weighted by atomic mass is 19.4. The molecule has 1 aliphatic heterocycles. The molecule has 1 fully saturated rings. The van der Waals surface area contributed by atoms with Crippen LogP contribution in [0, 0.1) is 0 Å². The van der Waals surface area contributed by atoms with E-state index < -0.39 is 11.7 Å². The van der Waals surface area contributed by atoms with Crippen LogP contribution < -0.4 is 5.32 Å². The number of carbonyl (C=O) groups excluding carboxylic acids is 1. The lowest BCUT2D eigenvalue weighted by atomic mass is 10.1. The summed E-state index contributed by atoms with van der Waals surface area (Å²) in [6, 6.07) is 5.45. The lowest BCUT2D eigenvalue weighted by Gasteiger charge is -2.36. The number of benzene rings is 1. The van der Waals surface area contributed by atoms with Gasteiger partial charge in [0.15, 0.2) is 5.96 Å². The summed E-state index contributed by atoms with van der Waals surface area (Å²) in [4.78, 5) is 21.9. The highest BCUT2D eigenvalue weighted by Crippen LogP contribution is 2.29. The van der Waals surface area contributed by atoms with Crippen LogP contribution in [0.25, 0.3) is 0 Å². The van der Waals surface area contributed by atoms with E-state index in [-0.39, 0.29) is 12.5 Å². The van der Waals surface area contributed by atoms with Gasteiger partial charge in [-0.3, -0.25) is 9.69 Å². The Labute approximate surface area is 169 Å². The first-order valence-corrected chi connectivity index (χ1v) is 9.43. The molecule has 1 aromatic carbocycles. The Hall–Kier alpha value is -2.55. The Morgan fingerprint density at radius 3 is 2.55 bits per heavy atom. The van der Waals surface area contributed by atoms with Crippen LogP contribution in [0.15, 0.2) is 41.9 Å². The molecule has 0 bridgehead atoms. The standard InChI is InChI=1S/C20H28F3N5O/c1-4-8-24-19(25-14-18(29)26(2)3)28-11-9-27(10-12-28)15-16-6-5-7-17(13-16)20(21,22)23/h4-7,13H,1,8-12,14-15H2,2-3H3,(H,24,25). The van der Waals surface area contributed by atoms with Gasteiger partial charge in [0.25, 0.3) is 0 Å². The lowest BCUT2D eigenvalue weighted by molar-refractivity contribution is -0.137. The van der Waals surface area contributed by atoms with E-state index in [4.69, 9.17) is 0 Å². The molecule has 0 atom stereocenters. The Morgan fingerprint density at radius 2 is 1.97 bits per heavy atom. The van der Waals surface area contributed by atoms with Crippen molar-refractivity contribution < 1.29 is 18.0 Å². The summed E-state index contributed by atoms with van der Waals surface area (Å²) in [7, 11) is 3.36. The molecule has 1 amide bonds. The van der Waals surface area contributed by atoms with Gasteiger partial charge in [-0.15, -0.1) is 6.58 Å². The fraction of sp³-hybridized carbons (Fsp3) is 0.500. The summed E-state index contributed by atoms with van der Waals surface area (Å²) in [5, 5.41) is 3.17. The monoisotopic (exact) mass is 411 g/mol. The number of nitrogens with zero attached hydrogens (tertiary/aromatic N) is 4. The number of piperazine rings is 1. The number of hydrogen-bond acceptors (Lipinski definition) is 3. The maximum absolute atomic E-state index is 12.9. The van der Waals surface area contributed by atoms with E-state index in [0.29, 0.717) is 50.8 Å². The zero-order chi connectivity index (χ0) is 21.4. The summed E-state index contributed by atoms with van der Waals surface area (Å²) in [5.74, 6) is 0.546. The van der Waals surface area contributed by atoms with Crippen LogP contribution in [-0.4, -0.2) is 79.9 Å². The van der Waals surface area contributed by atoms with Gasteiger partial charge in [-0.1, -0.05) is 24.3 Å². The molecule has 0 aromatic heterocycles. The van der Waals surface area contributed by atoms with Gasteiger partial charge in [-0.2, -0.15) is 13.2 Å². The summed E-state index contributed by atoms with van der Waals surface area (Å²) in [6.45, 7) is 7.43. The van der Waals surface area contributed by atoms with Crippen LogP contribution >= 0.6 is 0 Å². The van der Waals surface area contributed by atoms with Gasteiger partial charge in [0, 0.05) is 53.4 Å². The van der Waals surface area contributed by atoms with Crippen LogP contribution in [0.2, 0.25) is 0 Å². The second kappa shape index (κ2) is 10.3. The van der Waals surface area contributed by atoms with Gasteiger partial charge in [-0.25, -0.2) is 4.99 Å². The Kier molecular flexibility index (Phi) is 8.07. The molecule has 0 radical (unpaired) electrons. The van der Waals surface area contributed by atoms with Crippen LogP contribution in [0.1, 0.15) is 11.1 Å². The van der Waals surface area contributed by atoms with Crippen molar-refractivity contribution >= 4 is 11.9 Å². The van der Waals surface area contributed by atoms with Crippen LogP contribution in [0.5, 0.6) is 0 Å².